The van der Waals surface area contributed by atoms with Crippen molar-refractivity contribution in [2.45, 2.75) is 24.2 Å². The van der Waals surface area contributed by atoms with Crippen LogP contribution in [0.4, 0.5) is 0 Å². The van der Waals surface area contributed by atoms with E-state index in [2.05, 4.69) is 0 Å². The van der Waals surface area contributed by atoms with Gasteiger partial charge in [-0.1, -0.05) is 72.8 Å². The summed E-state index contributed by atoms with van der Waals surface area (Å²) in [6, 6.07) is 18.3. The highest BCUT2D eigenvalue weighted by Crippen LogP contribution is 2.29. The molecule has 150 valence electrons. The fourth-order valence-corrected chi connectivity index (χ4v) is 3.19. The van der Waals surface area contributed by atoms with Crippen molar-refractivity contribution in [3.8, 4) is 0 Å². The third-order valence-electron chi connectivity index (χ3n) is 4.82. The molecule has 2 aromatic rings. The summed E-state index contributed by atoms with van der Waals surface area (Å²) in [7, 11) is 1.18. The lowest BCUT2D eigenvalue weighted by Gasteiger charge is -2.38. The Hall–Kier alpha value is -3.22. The summed E-state index contributed by atoms with van der Waals surface area (Å²) in [6.45, 7) is 0. The van der Waals surface area contributed by atoms with Crippen LogP contribution in [0.1, 0.15) is 17.5 Å². The summed E-state index contributed by atoms with van der Waals surface area (Å²) < 4.78 is 10.7. The first-order valence-electron chi connectivity index (χ1n) is 9.20. The van der Waals surface area contributed by atoms with Crippen LogP contribution in [-0.2, 0) is 19.1 Å². The van der Waals surface area contributed by atoms with Gasteiger partial charge in [-0.2, -0.15) is 0 Å². The molecule has 1 aliphatic rings. The number of benzene rings is 2. The van der Waals surface area contributed by atoms with E-state index in [0.717, 1.165) is 5.56 Å². The molecule has 0 unspecified atom stereocenters. The molecule has 0 aromatic heterocycles. The Morgan fingerprint density at radius 3 is 2.41 bits per heavy atom. The zero-order valence-corrected chi connectivity index (χ0v) is 16.0. The molecule has 6 heteroatoms. The number of ketones is 1. The highest BCUT2D eigenvalue weighted by atomic mass is 16.5. The van der Waals surface area contributed by atoms with Gasteiger partial charge in [-0.05, 0) is 11.6 Å². The lowest BCUT2D eigenvalue weighted by atomic mass is 9.82. The molecular formula is C23H23NO5. The maximum absolute atomic E-state index is 12.8. The second-order valence-corrected chi connectivity index (χ2v) is 6.77. The number of aliphatic hydroxyl groups excluding tert-OH is 1. The second kappa shape index (κ2) is 8.86. The first-order valence-corrected chi connectivity index (χ1v) is 9.20. The van der Waals surface area contributed by atoms with Gasteiger partial charge in [0.25, 0.3) is 0 Å². The van der Waals surface area contributed by atoms with Gasteiger partial charge in [-0.15, -0.1) is 0 Å². The lowest BCUT2D eigenvalue weighted by molar-refractivity contribution is -0.164. The van der Waals surface area contributed by atoms with E-state index in [1.54, 1.807) is 36.4 Å². The van der Waals surface area contributed by atoms with E-state index in [1.807, 2.05) is 36.4 Å². The van der Waals surface area contributed by atoms with Crippen molar-refractivity contribution in [3.63, 3.8) is 0 Å². The van der Waals surface area contributed by atoms with Crippen LogP contribution >= 0.6 is 0 Å². The summed E-state index contributed by atoms with van der Waals surface area (Å²) in [4.78, 5) is 25.1. The number of ether oxygens (including phenoxy) is 2. The molecule has 0 aliphatic carbocycles. The molecule has 0 saturated carbocycles. The fraction of sp³-hybridized carbons (Fsp3) is 0.217. The van der Waals surface area contributed by atoms with Crippen molar-refractivity contribution in [2.75, 3.05) is 7.11 Å². The molecule has 0 radical (unpaired) electrons. The Bertz CT molecular complexity index is 923. The Kier molecular flexibility index (Phi) is 6.26. The van der Waals surface area contributed by atoms with E-state index in [0.29, 0.717) is 5.56 Å². The van der Waals surface area contributed by atoms with Crippen LogP contribution in [0.25, 0.3) is 11.8 Å². The van der Waals surface area contributed by atoms with Gasteiger partial charge >= 0.3 is 5.97 Å². The summed E-state index contributed by atoms with van der Waals surface area (Å²) >= 11 is 0. The van der Waals surface area contributed by atoms with Gasteiger partial charge < -0.3 is 20.3 Å². The number of aliphatic hydroxyl groups is 1. The quantitative estimate of drug-likeness (QED) is 0.460. The predicted molar refractivity (Wildman–Crippen MR) is 110 cm³/mol. The third-order valence-corrected chi connectivity index (χ3v) is 4.82. The number of Topliss-reactive ketones (excluding diaryl/α,β-unsaturated/α-hetero) is 1. The summed E-state index contributed by atoms with van der Waals surface area (Å²) in [5.41, 5.74) is 5.69. The molecule has 1 aliphatic heterocycles. The molecule has 1 fully saturated rings. The maximum atomic E-state index is 12.8. The lowest BCUT2D eigenvalue weighted by Crippen LogP contribution is -2.67. The molecule has 6 nitrogen and oxygen atoms in total. The first-order chi connectivity index (χ1) is 13.9. The van der Waals surface area contributed by atoms with Crippen LogP contribution in [0.5, 0.6) is 0 Å². The van der Waals surface area contributed by atoms with Crippen molar-refractivity contribution in [1.29, 1.82) is 0 Å². The molecule has 0 bridgehead atoms. The van der Waals surface area contributed by atoms with Crippen molar-refractivity contribution >= 4 is 23.6 Å². The van der Waals surface area contributed by atoms with Gasteiger partial charge in [-0.3, -0.25) is 4.79 Å². The number of esters is 1. The molecule has 3 N–H and O–H groups in total. The molecule has 1 heterocycles. The van der Waals surface area contributed by atoms with Crippen LogP contribution in [0.15, 0.2) is 72.8 Å². The Morgan fingerprint density at radius 1 is 1.17 bits per heavy atom. The Morgan fingerprint density at radius 2 is 1.79 bits per heavy atom. The van der Waals surface area contributed by atoms with E-state index < -0.39 is 29.5 Å². The average molecular weight is 393 g/mol. The van der Waals surface area contributed by atoms with E-state index in [1.165, 1.54) is 13.2 Å². The van der Waals surface area contributed by atoms with Crippen LogP contribution in [0.3, 0.4) is 0 Å². The van der Waals surface area contributed by atoms with Crippen LogP contribution < -0.4 is 5.73 Å². The van der Waals surface area contributed by atoms with Gasteiger partial charge in [0.15, 0.2) is 5.78 Å². The summed E-state index contributed by atoms with van der Waals surface area (Å²) in [6.07, 6.45) is 2.80. The number of methoxy groups -OCH3 is 1. The van der Waals surface area contributed by atoms with E-state index in [-0.39, 0.29) is 12.2 Å². The minimum Gasteiger partial charge on any atom is -0.508 e. The second-order valence-electron chi connectivity index (χ2n) is 6.77. The molecule has 3 rings (SSSR count). The van der Waals surface area contributed by atoms with Gasteiger partial charge in [-0.25, -0.2) is 4.79 Å². The van der Waals surface area contributed by atoms with Crippen molar-refractivity contribution < 1.29 is 24.2 Å². The van der Waals surface area contributed by atoms with Crippen LogP contribution in [0.2, 0.25) is 0 Å². The normalized spacial score (nSPS) is 25.2. The largest absolute Gasteiger partial charge is 0.508 e. The molecule has 1 saturated heterocycles. The smallest absolute Gasteiger partial charge is 0.336 e. The molecule has 0 amide bonds. The number of rotatable bonds is 5. The summed E-state index contributed by atoms with van der Waals surface area (Å²) in [5.74, 6) is -1.39. The number of carbonyl (C=O) groups excluding carboxylic acids is 2. The molecule has 0 spiro atoms. The topological polar surface area (TPSA) is 98.9 Å². The molecular weight excluding hydrogens is 370 g/mol. The van der Waals surface area contributed by atoms with E-state index in [4.69, 9.17) is 15.2 Å². The van der Waals surface area contributed by atoms with Crippen molar-refractivity contribution in [3.05, 3.63) is 83.9 Å². The van der Waals surface area contributed by atoms with Crippen molar-refractivity contribution in [1.82, 2.24) is 0 Å². The molecule has 29 heavy (non-hydrogen) atoms. The standard InChI is InChI=1S/C23H23NO5/c1-28-22(27)23(24)20(26)15-18(14-19(25)17-10-6-3-7-11-17)29-21(23)13-12-16-8-4-2-5-9-16/h2-14,18,21,25H,15,24H2,1H3/b13-12+,19-14-/t18-,21-,23+/m1/s1. The number of carbonyl (C=O) groups is 2. The molecule has 3 atom stereocenters. The fourth-order valence-electron chi connectivity index (χ4n) is 3.19. The SMILES string of the molecule is COC(=O)[C@]1(N)C(=O)C[C@@H](/C=C(\O)c2ccccc2)O[C@@H]1/C=C/c1ccccc1. The monoisotopic (exact) mass is 393 g/mol. The van der Waals surface area contributed by atoms with Gasteiger partial charge in [0.05, 0.1) is 13.2 Å². The zero-order chi connectivity index (χ0) is 20.9. The first kappa shape index (κ1) is 20.5. The molecule has 2 aromatic carbocycles. The van der Waals surface area contributed by atoms with E-state index >= 15 is 0 Å². The predicted octanol–water partition coefficient (Wildman–Crippen LogP) is 2.90. The van der Waals surface area contributed by atoms with Crippen molar-refractivity contribution in [2.24, 2.45) is 5.73 Å². The van der Waals surface area contributed by atoms with Gasteiger partial charge in [0.1, 0.15) is 11.9 Å². The van der Waals surface area contributed by atoms with Gasteiger partial charge in [0, 0.05) is 12.0 Å². The van der Waals surface area contributed by atoms with Crippen LogP contribution in [-0.4, -0.2) is 41.7 Å². The van der Waals surface area contributed by atoms with E-state index in [9.17, 15) is 14.7 Å². The highest BCUT2D eigenvalue weighted by molar-refractivity contribution is 6.10. The number of hydrogen-bond acceptors (Lipinski definition) is 6. The third kappa shape index (κ3) is 4.45. The zero-order valence-electron chi connectivity index (χ0n) is 16.0. The minimum absolute atomic E-state index is 0.0169. The average Bonchev–Trinajstić information content (AvgIpc) is 2.75. The highest BCUT2D eigenvalue weighted by Gasteiger charge is 2.53. The summed E-state index contributed by atoms with van der Waals surface area (Å²) in [5, 5.41) is 10.4. The Labute approximate surface area is 169 Å². The van der Waals surface area contributed by atoms with Gasteiger partial charge in [0.2, 0.25) is 5.54 Å². The number of hydrogen-bond donors (Lipinski definition) is 2. The maximum Gasteiger partial charge on any atom is 0.336 e. The van der Waals surface area contributed by atoms with Crippen LogP contribution in [0, 0.1) is 0 Å². The minimum atomic E-state index is -1.95. The number of nitrogens with two attached hydrogens (primary N) is 1. The Balaban J connectivity index is 1.90.